The number of likely N-dealkylation sites (tertiary alicyclic amines) is 1. The Hall–Kier alpha value is -1.62. The lowest BCUT2D eigenvalue weighted by Gasteiger charge is -2.30. The SMILES string of the molecule is NC1CCCN(C(=O)c2ncccc2O)C1. The van der Waals surface area contributed by atoms with E-state index in [2.05, 4.69) is 4.98 Å². The van der Waals surface area contributed by atoms with E-state index in [0.717, 1.165) is 12.8 Å². The third-order valence-corrected chi connectivity index (χ3v) is 2.73. The number of piperidine rings is 1. The number of hydrogen-bond donors (Lipinski definition) is 2. The highest BCUT2D eigenvalue weighted by Gasteiger charge is 2.24. The second-order valence-corrected chi connectivity index (χ2v) is 4.02. The molecule has 1 aromatic rings. The van der Waals surface area contributed by atoms with E-state index in [-0.39, 0.29) is 23.4 Å². The molecule has 1 saturated heterocycles. The maximum absolute atomic E-state index is 12.0. The summed E-state index contributed by atoms with van der Waals surface area (Å²) < 4.78 is 0. The first-order valence-electron chi connectivity index (χ1n) is 5.37. The number of pyridine rings is 1. The van der Waals surface area contributed by atoms with Crippen LogP contribution < -0.4 is 5.73 Å². The van der Waals surface area contributed by atoms with E-state index in [4.69, 9.17) is 5.73 Å². The van der Waals surface area contributed by atoms with Gasteiger partial charge in [-0.25, -0.2) is 4.98 Å². The molecule has 0 aliphatic carbocycles. The zero-order valence-corrected chi connectivity index (χ0v) is 8.97. The van der Waals surface area contributed by atoms with Crippen molar-refractivity contribution >= 4 is 5.91 Å². The van der Waals surface area contributed by atoms with Gasteiger partial charge in [-0.1, -0.05) is 0 Å². The Bertz CT molecular complexity index is 395. The molecular weight excluding hydrogens is 206 g/mol. The highest BCUT2D eigenvalue weighted by atomic mass is 16.3. The Labute approximate surface area is 93.9 Å². The molecule has 0 saturated carbocycles. The molecule has 2 heterocycles. The van der Waals surface area contributed by atoms with Crippen LogP contribution >= 0.6 is 0 Å². The van der Waals surface area contributed by atoms with Gasteiger partial charge in [0, 0.05) is 25.3 Å². The molecule has 1 aliphatic heterocycles. The van der Waals surface area contributed by atoms with Gasteiger partial charge in [-0.3, -0.25) is 4.79 Å². The molecule has 3 N–H and O–H groups in total. The molecule has 0 radical (unpaired) electrons. The molecule has 1 fully saturated rings. The van der Waals surface area contributed by atoms with Gasteiger partial charge in [0.25, 0.3) is 5.91 Å². The average Bonchev–Trinajstić information content (AvgIpc) is 2.29. The van der Waals surface area contributed by atoms with Crippen LogP contribution in [0.25, 0.3) is 0 Å². The van der Waals surface area contributed by atoms with E-state index in [1.807, 2.05) is 0 Å². The number of aromatic nitrogens is 1. The van der Waals surface area contributed by atoms with Gasteiger partial charge < -0.3 is 15.7 Å². The fourth-order valence-corrected chi connectivity index (χ4v) is 1.91. The zero-order chi connectivity index (χ0) is 11.5. The molecule has 1 aliphatic rings. The van der Waals surface area contributed by atoms with E-state index < -0.39 is 0 Å². The maximum atomic E-state index is 12.0. The molecular formula is C11H15N3O2. The molecule has 5 heteroatoms. The Morgan fingerprint density at radius 2 is 2.44 bits per heavy atom. The molecule has 16 heavy (non-hydrogen) atoms. The van der Waals surface area contributed by atoms with Gasteiger partial charge in [-0.2, -0.15) is 0 Å². The fourth-order valence-electron chi connectivity index (χ4n) is 1.91. The average molecular weight is 221 g/mol. The minimum Gasteiger partial charge on any atom is -0.505 e. The molecule has 0 bridgehead atoms. The second-order valence-electron chi connectivity index (χ2n) is 4.02. The van der Waals surface area contributed by atoms with Gasteiger partial charge in [-0.05, 0) is 25.0 Å². The van der Waals surface area contributed by atoms with Crippen LogP contribution in [-0.4, -0.2) is 40.0 Å². The second kappa shape index (κ2) is 4.49. The number of rotatable bonds is 1. The molecule has 1 amide bonds. The minimum absolute atomic E-state index is 0.0311. The van der Waals surface area contributed by atoms with Gasteiger partial charge >= 0.3 is 0 Å². The number of nitrogens with two attached hydrogens (primary N) is 1. The van der Waals surface area contributed by atoms with E-state index in [9.17, 15) is 9.90 Å². The summed E-state index contributed by atoms with van der Waals surface area (Å²) in [6.07, 6.45) is 3.34. The molecule has 2 rings (SSSR count). The zero-order valence-electron chi connectivity index (χ0n) is 8.97. The predicted octanol–water partition coefficient (Wildman–Crippen LogP) is 0.350. The van der Waals surface area contributed by atoms with E-state index in [1.54, 1.807) is 11.0 Å². The topological polar surface area (TPSA) is 79.5 Å². The van der Waals surface area contributed by atoms with E-state index in [0.29, 0.717) is 13.1 Å². The van der Waals surface area contributed by atoms with Crippen LogP contribution in [0.5, 0.6) is 5.75 Å². The lowest BCUT2D eigenvalue weighted by molar-refractivity contribution is 0.0699. The van der Waals surface area contributed by atoms with Gasteiger partial charge in [0.2, 0.25) is 0 Å². The molecule has 1 aromatic heterocycles. The summed E-state index contributed by atoms with van der Waals surface area (Å²) in [5.41, 5.74) is 5.91. The van der Waals surface area contributed by atoms with Gasteiger partial charge in [0.15, 0.2) is 5.69 Å². The van der Waals surface area contributed by atoms with Crippen molar-refractivity contribution in [3.8, 4) is 5.75 Å². The predicted molar refractivity (Wildman–Crippen MR) is 59.0 cm³/mol. The van der Waals surface area contributed by atoms with E-state index in [1.165, 1.54) is 12.3 Å². The van der Waals surface area contributed by atoms with Crippen LogP contribution in [0.3, 0.4) is 0 Å². The van der Waals surface area contributed by atoms with Crippen molar-refractivity contribution in [2.24, 2.45) is 5.73 Å². The van der Waals surface area contributed by atoms with Crippen molar-refractivity contribution in [2.45, 2.75) is 18.9 Å². The van der Waals surface area contributed by atoms with Gasteiger partial charge in [-0.15, -0.1) is 0 Å². The number of carbonyl (C=O) groups excluding carboxylic acids is 1. The molecule has 1 unspecified atom stereocenters. The van der Waals surface area contributed by atoms with Crippen molar-refractivity contribution in [1.82, 2.24) is 9.88 Å². The highest BCUT2D eigenvalue weighted by molar-refractivity contribution is 5.94. The fraction of sp³-hybridized carbons (Fsp3) is 0.455. The third kappa shape index (κ3) is 2.14. The number of amides is 1. The number of carbonyl (C=O) groups is 1. The van der Waals surface area contributed by atoms with Crippen LogP contribution in [0.15, 0.2) is 18.3 Å². The standard InChI is InChI=1S/C11H15N3O2/c12-8-3-2-6-14(7-8)11(16)10-9(15)4-1-5-13-10/h1,4-5,8,15H,2-3,6-7,12H2. The summed E-state index contributed by atoms with van der Waals surface area (Å²) in [5.74, 6) is -0.320. The van der Waals surface area contributed by atoms with Crippen molar-refractivity contribution in [3.63, 3.8) is 0 Å². The first kappa shape index (κ1) is 10.9. The normalized spacial score (nSPS) is 20.8. The quantitative estimate of drug-likeness (QED) is 0.717. The number of aromatic hydroxyl groups is 1. The third-order valence-electron chi connectivity index (χ3n) is 2.73. The summed E-state index contributed by atoms with van der Waals surface area (Å²) >= 11 is 0. The van der Waals surface area contributed by atoms with Crippen molar-refractivity contribution < 1.29 is 9.90 Å². The van der Waals surface area contributed by atoms with Crippen molar-refractivity contribution in [2.75, 3.05) is 13.1 Å². The Kier molecular flexibility index (Phi) is 3.05. The van der Waals surface area contributed by atoms with Gasteiger partial charge in [0.1, 0.15) is 5.75 Å². The summed E-state index contributed by atoms with van der Waals surface area (Å²) in [6, 6.07) is 3.08. The molecule has 0 spiro atoms. The summed E-state index contributed by atoms with van der Waals surface area (Å²) in [6.45, 7) is 1.22. The largest absolute Gasteiger partial charge is 0.505 e. The number of hydrogen-bond acceptors (Lipinski definition) is 4. The molecule has 86 valence electrons. The summed E-state index contributed by atoms with van der Waals surface area (Å²) in [4.78, 5) is 17.6. The monoisotopic (exact) mass is 221 g/mol. The Morgan fingerprint density at radius 3 is 3.12 bits per heavy atom. The van der Waals surface area contributed by atoms with Crippen molar-refractivity contribution in [1.29, 1.82) is 0 Å². The lowest BCUT2D eigenvalue weighted by atomic mass is 10.1. The smallest absolute Gasteiger partial charge is 0.276 e. The first-order chi connectivity index (χ1) is 7.68. The van der Waals surface area contributed by atoms with Crippen LogP contribution in [0.4, 0.5) is 0 Å². The van der Waals surface area contributed by atoms with Crippen LogP contribution in [0, 0.1) is 0 Å². The molecule has 0 aromatic carbocycles. The molecule has 1 atom stereocenters. The minimum atomic E-state index is -0.242. The lowest BCUT2D eigenvalue weighted by Crippen LogP contribution is -2.45. The van der Waals surface area contributed by atoms with Crippen LogP contribution in [0.1, 0.15) is 23.3 Å². The van der Waals surface area contributed by atoms with E-state index >= 15 is 0 Å². The highest BCUT2D eigenvalue weighted by Crippen LogP contribution is 2.17. The van der Waals surface area contributed by atoms with Crippen LogP contribution in [-0.2, 0) is 0 Å². The van der Waals surface area contributed by atoms with Crippen molar-refractivity contribution in [3.05, 3.63) is 24.0 Å². The number of nitrogens with zero attached hydrogens (tertiary/aromatic N) is 2. The Morgan fingerprint density at radius 1 is 1.62 bits per heavy atom. The summed E-state index contributed by atoms with van der Waals surface area (Å²) in [7, 11) is 0. The Balaban J connectivity index is 2.16. The molecule has 5 nitrogen and oxygen atoms in total. The summed E-state index contributed by atoms with van der Waals surface area (Å²) in [5, 5.41) is 9.54. The first-order valence-corrected chi connectivity index (χ1v) is 5.37. The maximum Gasteiger partial charge on any atom is 0.276 e. The van der Waals surface area contributed by atoms with Crippen LogP contribution in [0.2, 0.25) is 0 Å². The van der Waals surface area contributed by atoms with Gasteiger partial charge in [0.05, 0.1) is 0 Å².